The van der Waals surface area contributed by atoms with Gasteiger partial charge in [-0.3, -0.25) is 19.5 Å². The van der Waals surface area contributed by atoms with E-state index in [4.69, 9.17) is 4.74 Å². The van der Waals surface area contributed by atoms with E-state index in [0.717, 1.165) is 12.2 Å². The van der Waals surface area contributed by atoms with Gasteiger partial charge in [0.15, 0.2) is 0 Å². The zero-order valence-corrected chi connectivity index (χ0v) is 17.6. The van der Waals surface area contributed by atoms with Crippen LogP contribution in [0.15, 0.2) is 48.8 Å². The summed E-state index contributed by atoms with van der Waals surface area (Å²) in [6.45, 7) is 4.93. The van der Waals surface area contributed by atoms with E-state index in [1.54, 1.807) is 36.7 Å². The molecular formula is C23H28N4O3. The number of amides is 2. The van der Waals surface area contributed by atoms with Crippen molar-refractivity contribution in [1.82, 2.24) is 14.8 Å². The third-order valence-electron chi connectivity index (χ3n) is 6.31. The zero-order valence-electron chi connectivity index (χ0n) is 17.6. The van der Waals surface area contributed by atoms with E-state index in [2.05, 4.69) is 29.2 Å². The van der Waals surface area contributed by atoms with Crippen LogP contribution in [0.4, 0.5) is 5.69 Å². The van der Waals surface area contributed by atoms with Crippen LogP contribution in [0.3, 0.4) is 0 Å². The summed E-state index contributed by atoms with van der Waals surface area (Å²) < 4.78 is 5.99. The molecule has 0 spiro atoms. The average Bonchev–Trinajstić information content (AvgIpc) is 2.96. The minimum Gasteiger partial charge on any atom is -0.492 e. The fourth-order valence-corrected chi connectivity index (χ4v) is 4.88. The van der Waals surface area contributed by atoms with Gasteiger partial charge in [-0.25, -0.2) is 0 Å². The maximum absolute atomic E-state index is 13.2. The molecule has 2 aromatic rings. The molecule has 2 bridgehead atoms. The van der Waals surface area contributed by atoms with E-state index >= 15 is 0 Å². The number of rotatable bonds is 5. The lowest BCUT2D eigenvalue weighted by molar-refractivity contribution is -0.114. The summed E-state index contributed by atoms with van der Waals surface area (Å²) in [7, 11) is 2.15. The van der Waals surface area contributed by atoms with Crippen molar-refractivity contribution in [3.63, 3.8) is 0 Å². The van der Waals surface area contributed by atoms with Crippen molar-refractivity contribution in [3.05, 3.63) is 54.4 Å². The van der Waals surface area contributed by atoms with Crippen molar-refractivity contribution in [3.8, 4) is 5.75 Å². The number of piperazine rings is 1. The number of likely N-dealkylation sites (tertiary alicyclic amines) is 1. The molecule has 1 unspecified atom stereocenters. The SMILES string of the molecule is CC(=O)Nc1ccc(C(=O)N2C[C@H]3C[C@H](COc4cccnc4)[C@@H](C2C)N3C)cc1. The molecule has 3 heterocycles. The van der Waals surface area contributed by atoms with Crippen LogP contribution in [-0.4, -0.2) is 64.9 Å². The highest BCUT2D eigenvalue weighted by Crippen LogP contribution is 2.38. The number of nitrogens with one attached hydrogen (secondary N) is 1. The maximum atomic E-state index is 13.2. The van der Waals surface area contributed by atoms with Gasteiger partial charge in [-0.2, -0.15) is 0 Å². The van der Waals surface area contributed by atoms with E-state index in [1.807, 2.05) is 17.0 Å². The third kappa shape index (κ3) is 4.03. The number of carbonyl (C=O) groups excluding carboxylic acids is 2. The zero-order chi connectivity index (χ0) is 21.3. The molecular weight excluding hydrogens is 380 g/mol. The normalized spacial score (nSPS) is 25.8. The number of pyridine rings is 1. The molecule has 1 N–H and O–H groups in total. The molecule has 7 nitrogen and oxygen atoms in total. The fraction of sp³-hybridized carbons (Fsp3) is 0.435. The minimum atomic E-state index is -0.127. The summed E-state index contributed by atoms with van der Waals surface area (Å²) in [4.78, 5) is 32.9. The Morgan fingerprint density at radius 3 is 2.67 bits per heavy atom. The molecule has 1 aromatic carbocycles. The van der Waals surface area contributed by atoms with Gasteiger partial charge >= 0.3 is 0 Å². The number of fused-ring (bicyclic) bond motifs is 2. The molecule has 2 aliphatic heterocycles. The van der Waals surface area contributed by atoms with Crippen LogP contribution in [0.5, 0.6) is 5.75 Å². The Hall–Kier alpha value is -2.93. The van der Waals surface area contributed by atoms with E-state index in [0.29, 0.717) is 36.4 Å². The lowest BCUT2D eigenvalue weighted by Crippen LogP contribution is -2.60. The Morgan fingerprint density at radius 1 is 1.23 bits per heavy atom. The molecule has 4 atom stereocenters. The lowest BCUT2D eigenvalue weighted by Gasteiger charge is -2.45. The van der Waals surface area contributed by atoms with Crippen molar-refractivity contribution in [2.24, 2.45) is 5.92 Å². The monoisotopic (exact) mass is 408 g/mol. The predicted octanol–water partition coefficient (Wildman–Crippen LogP) is 2.65. The molecule has 2 amide bonds. The van der Waals surface area contributed by atoms with E-state index < -0.39 is 0 Å². The first kappa shape index (κ1) is 20.3. The largest absolute Gasteiger partial charge is 0.492 e. The summed E-state index contributed by atoms with van der Waals surface area (Å²) in [5, 5.41) is 2.73. The van der Waals surface area contributed by atoms with Crippen LogP contribution in [0.25, 0.3) is 0 Å². The lowest BCUT2D eigenvalue weighted by atomic mass is 9.95. The van der Waals surface area contributed by atoms with Crippen molar-refractivity contribution in [2.45, 2.75) is 38.4 Å². The Bertz CT molecular complexity index is 902. The van der Waals surface area contributed by atoms with Gasteiger partial charge in [0.05, 0.1) is 12.8 Å². The second kappa shape index (κ2) is 8.44. The van der Waals surface area contributed by atoms with Crippen LogP contribution in [-0.2, 0) is 4.79 Å². The number of likely N-dealkylation sites (N-methyl/N-ethyl adjacent to an activating group) is 1. The molecule has 2 saturated heterocycles. The van der Waals surface area contributed by atoms with Gasteiger partial charge in [-0.15, -0.1) is 0 Å². The Morgan fingerprint density at radius 2 is 2.00 bits per heavy atom. The summed E-state index contributed by atoms with van der Waals surface area (Å²) in [5.41, 5.74) is 1.33. The Balaban J connectivity index is 1.45. The Kier molecular flexibility index (Phi) is 5.72. The summed E-state index contributed by atoms with van der Waals surface area (Å²) in [6, 6.07) is 11.6. The van der Waals surface area contributed by atoms with Gasteiger partial charge in [0, 0.05) is 55.0 Å². The maximum Gasteiger partial charge on any atom is 0.254 e. The minimum absolute atomic E-state index is 0.0359. The van der Waals surface area contributed by atoms with Crippen molar-refractivity contribution in [1.29, 1.82) is 0 Å². The first-order valence-electron chi connectivity index (χ1n) is 10.4. The second-order valence-corrected chi connectivity index (χ2v) is 8.26. The smallest absolute Gasteiger partial charge is 0.254 e. The first-order valence-corrected chi connectivity index (χ1v) is 10.4. The van der Waals surface area contributed by atoms with E-state index in [1.165, 1.54) is 6.92 Å². The number of hydrogen-bond donors (Lipinski definition) is 1. The van der Waals surface area contributed by atoms with Gasteiger partial charge in [-0.1, -0.05) is 0 Å². The van der Waals surface area contributed by atoms with Crippen molar-refractivity contribution in [2.75, 3.05) is 25.5 Å². The van der Waals surface area contributed by atoms with Crippen LogP contribution in [0.1, 0.15) is 30.6 Å². The second-order valence-electron chi connectivity index (χ2n) is 8.26. The number of nitrogens with zero attached hydrogens (tertiary/aromatic N) is 3. The number of benzene rings is 1. The number of hydrogen-bond acceptors (Lipinski definition) is 5. The number of anilines is 1. The summed E-state index contributed by atoms with van der Waals surface area (Å²) in [6.07, 6.45) is 4.48. The molecule has 0 radical (unpaired) electrons. The molecule has 2 aliphatic rings. The number of aromatic nitrogens is 1. The highest BCUT2D eigenvalue weighted by atomic mass is 16.5. The predicted molar refractivity (Wildman–Crippen MR) is 114 cm³/mol. The molecule has 158 valence electrons. The van der Waals surface area contributed by atoms with E-state index in [-0.39, 0.29) is 23.9 Å². The average molecular weight is 409 g/mol. The topological polar surface area (TPSA) is 74.8 Å². The highest BCUT2D eigenvalue weighted by molar-refractivity contribution is 5.95. The third-order valence-corrected chi connectivity index (χ3v) is 6.31. The molecule has 1 aromatic heterocycles. The van der Waals surface area contributed by atoms with E-state index in [9.17, 15) is 9.59 Å². The van der Waals surface area contributed by atoms with Gasteiger partial charge < -0.3 is 15.0 Å². The molecule has 7 heteroatoms. The Labute approximate surface area is 177 Å². The van der Waals surface area contributed by atoms with Crippen molar-refractivity contribution < 1.29 is 14.3 Å². The number of ether oxygens (including phenoxy) is 1. The van der Waals surface area contributed by atoms with Gasteiger partial charge in [0.1, 0.15) is 5.75 Å². The number of carbonyl (C=O) groups is 2. The molecule has 4 rings (SSSR count). The fourth-order valence-electron chi connectivity index (χ4n) is 4.88. The quantitative estimate of drug-likeness (QED) is 0.823. The van der Waals surface area contributed by atoms with Crippen LogP contribution < -0.4 is 10.1 Å². The molecule has 30 heavy (non-hydrogen) atoms. The standard InChI is InChI=1S/C23H28N4O3/c1-15-22-18(14-30-21-5-4-10-24-12-21)11-20(26(22)3)13-27(15)23(29)17-6-8-19(9-7-17)25-16(2)28/h4-10,12,15,18,20,22H,11,13-14H2,1-3H3,(H,25,28)/t15?,18-,20-,22-/m1/s1. The molecule has 2 fully saturated rings. The molecule has 0 aliphatic carbocycles. The van der Waals surface area contributed by atoms with Gasteiger partial charge in [-0.05, 0) is 56.8 Å². The van der Waals surface area contributed by atoms with Crippen LogP contribution in [0.2, 0.25) is 0 Å². The summed E-state index contributed by atoms with van der Waals surface area (Å²) >= 11 is 0. The van der Waals surface area contributed by atoms with Gasteiger partial charge in [0.25, 0.3) is 5.91 Å². The first-order chi connectivity index (χ1) is 14.4. The van der Waals surface area contributed by atoms with Crippen molar-refractivity contribution >= 4 is 17.5 Å². The van der Waals surface area contributed by atoms with Gasteiger partial charge in [0.2, 0.25) is 5.91 Å². The summed E-state index contributed by atoms with van der Waals surface area (Å²) in [5.74, 6) is 1.04. The van der Waals surface area contributed by atoms with Crippen LogP contribution >= 0.6 is 0 Å². The molecule has 0 saturated carbocycles. The van der Waals surface area contributed by atoms with Crippen LogP contribution in [0, 0.1) is 5.92 Å². The highest BCUT2D eigenvalue weighted by Gasteiger charge is 2.49.